The first kappa shape index (κ1) is 14.3. The van der Waals surface area contributed by atoms with Gasteiger partial charge in [0, 0.05) is 18.0 Å². The number of nitrogen functional groups attached to an aromatic ring is 1. The zero-order chi connectivity index (χ0) is 16.5. The predicted molar refractivity (Wildman–Crippen MR) is 93.2 cm³/mol. The standard InChI is InChI=1S/C18H16N6/c1-2-12-6-7-14(21-11-12)13-9-16(19)24-17(10-13)22-18(23-24)15-5-3-4-8-20-15/h3-11H,2,19H2,1H3. The zero-order valence-corrected chi connectivity index (χ0v) is 13.2. The Morgan fingerprint density at radius 1 is 1.04 bits per heavy atom. The minimum Gasteiger partial charge on any atom is -0.384 e. The third kappa shape index (κ3) is 2.48. The van der Waals surface area contributed by atoms with Crippen LogP contribution in [0.5, 0.6) is 0 Å². The number of aromatic nitrogens is 5. The van der Waals surface area contributed by atoms with Crippen LogP contribution in [-0.2, 0) is 6.42 Å². The first-order chi connectivity index (χ1) is 11.7. The lowest BCUT2D eigenvalue weighted by atomic mass is 10.1. The number of anilines is 1. The molecule has 0 atom stereocenters. The maximum absolute atomic E-state index is 6.15. The Kier molecular flexibility index (Phi) is 3.42. The number of hydrogen-bond acceptors (Lipinski definition) is 5. The summed E-state index contributed by atoms with van der Waals surface area (Å²) in [6, 6.07) is 13.5. The maximum Gasteiger partial charge on any atom is 0.200 e. The molecule has 0 unspecified atom stereocenters. The van der Waals surface area contributed by atoms with Gasteiger partial charge in [-0.1, -0.05) is 19.1 Å². The second kappa shape index (κ2) is 5.73. The Hall–Kier alpha value is -3.28. The maximum atomic E-state index is 6.15. The van der Waals surface area contributed by atoms with E-state index in [9.17, 15) is 0 Å². The van der Waals surface area contributed by atoms with Crippen LogP contribution in [0.1, 0.15) is 12.5 Å². The highest BCUT2D eigenvalue weighted by molar-refractivity contribution is 5.69. The second-order valence-corrected chi connectivity index (χ2v) is 5.49. The molecule has 0 saturated carbocycles. The molecule has 0 saturated heterocycles. The van der Waals surface area contributed by atoms with Crippen molar-refractivity contribution in [2.75, 3.05) is 5.73 Å². The van der Waals surface area contributed by atoms with Crippen molar-refractivity contribution in [1.29, 1.82) is 0 Å². The molecule has 6 nitrogen and oxygen atoms in total. The van der Waals surface area contributed by atoms with E-state index < -0.39 is 0 Å². The Morgan fingerprint density at radius 2 is 1.96 bits per heavy atom. The fourth-order valence-electron chi connectivity index (χ4n) is 2.56. The summed E-state index contributed by atoms with van der Waals surface area (Å²) < 4.78 is 1.62. The van der Waals surface area contributed by atoms with Crippen molar-refractivity contribution in [3.63, 3.8) is 0 Å². The third-order valence-corrected chi connectivity index (χ3v) is 3.89. The molecule has 0 spiro atoms. The summed E-state index contributed by atoms with van der Waals surface area (Å²) in [5, 5.41) is 4.44. The van der Waals surface area contributed by atoms with E-state index in [-0.39, 0.29) is 0 Å². The van der Waals surface area contributed by atoms with Crippen molar-refractivity contribution in [2.45, 2.75) is 13.3 Å². The van der Waals surface area contributed by atoms with E-state index in [0.717, 1.165) is 17.7 Å². The average Bonchev–Trinajstić information content (AvgIpc) is 3.07. The van der Waals surface area contributed by atoms with Crippen LogP contribution in [0.25, 0.3) is 28.4 Å². The summed E-state index contributed by atoms with van der Waals surface area (Å²) in [6.07, 6.45) is 4.57. The molecule has 118 valence electrons. The number of nitrogens with two attached hydrogens (primary N) is 1. The van der Waals surface area contributed by atoms with Crippen LogP contribution in [0.2, 0.25) is 0 Å². The molecule has 4 aromatic rings. The van der Waals surface area contributed by atoms with E-state index in [1.807, 2.05) is 42.6 Å². The normalized spacial score (nSPS) is 11.0. The van der Waals surface area contributed by atoms with Crippen LogP contribution in [0, 0.1) is 0 Å². The third-order valence-electron chi connectivity index (χ3n) is 3.89. The Bertz CT molecular complexity index is 989. The van der Waals surface area contributed by atoms with E-state index in [0.29, 0.717) is 23.0 Å². The van der Waals surface area contributed by atoms with Crippen molar-refractivity contribution < 1.29 is 0 Å². The molecular formula is C18H16N6. The fraction of sp³-hybridized carbons (Fsp3) is 0.111. The van der Waals surface area contributed by atoms with Gasteiger partial charge in [0.15, 0.2) is 5.65 Å². The number of pyridine rings is 3. The van der Waals surface area contributed by atoms with Crippen molar-refractivity contribution >= 4 is 11.5 Å². The summed E-state index contributed by atoms with van der Waals surface area (Å²) in [6.45, 7) is 2.11. The topological polar surface area (TPSA) is 82.0 Å². The molecule has 2 N–H and O–H groups in total. The molecule has 0 bridgehead atoms. The number of hydrogen-bond donors (Lipinski definition) is 1. The van der Waals surface area contributed by atoms with Gasteiger partial charge in [0.05, 0.1) is 5.69 Å². The number of fused-ring (bicyclic) bond motifs is 1. The summed E-state index contributed by atoms with van der Waals surface area (Å²) >= 11 is 0. The number of rotatable bonds is 3. The van der Waals surface area contributed by atoms with Crippen LogP contribution in [0.15, 0.2) is 54.9 Å². The van der Waals surface area contributed by atoms with Crippen LogP contribution in [0.3, 0.4) is 0 Å². The van der Waals surface area contributed by atoms with E-state index in [2.05, 4.69) is 33.0 Å². The molecule has 0 amide bonds. The smallest absolute Gasteiger partial charge is 0.200 e. The molecule has 0 aliphatic carbocycles. The van der Waals surface area contributed by atoms with Crippen molar-refractivity contribution in [2.24, 2.45) is 0 Å². The van der Waals surface area contributed by atoms with Gasteiger partial charge in [-0.05, 0) is 42.3 Å². The molecule has 4 heterocycles. The molecule has 0 aliphatic heterocycles. The lowest BCUT2D eigenvalue weighted by Crippen LogP contribution is -1.99. The monoisotopic (exact) mass is 316 g/mol. The molecule has 0 radical (unpaired) electrons. The van der Waals surface area contributed by atoms with Gasteiger partial charge in [-0.3, -0.25) is 9.97 Å². The zero-order valence-electron chi connectivity index (χ0n) is 13.2. The Labute approximate surface area is 139 Å². The van der Waals surface area contributed by atoms with Gasteiger partial charge in [-0.25, -0.2) is 4.98 Å². The van der Waals surface area contributed by atoms with Crippen molar-refractivity contribution in [3.05, 3.63) is 60.4 Å². The van der Waals surface area contributed by atoms with Gasteiger partial charge < -0.3 is 5.73 Å². The SMILES string of the molecule is CCc1ccc(-c2cc(N)n3nc(-c4ccccn4)nc3c2)nc1. The molecular weight excluding hydrogens is 300 g/mol. The first-order valence-corrected chi connectivity index (χ1v) is 7.77. The number of aryl methyl sites for hydroxylation is 1. The van der Waals surface area contributed by atoms with E-state index in [4.69, 9.17) is 5.73 Å². The van der Waals surface area contributed by atoms with Crippen molar-refractivity contribution in [3.8, 4) is 22.8 Å². The molecule has 0 aromatic carbocycles. The molecule has 0 aliphatic rings. The summed E-state index contributed by atoms with van der Waals surface area (Å²) in [5.74, 6) is 1.06. The van der Waals surface area contributed by atoms with Gasteiger partial charge in [-0.2, -0.15) is 4.52 Å². The highest BCUT2D eigenvalue weighted by Gasteiger charge is 2.11. The predicted octanol–water partition coefficient (Wildman–Crippen LogP) is 3.00. The highest BCUT2D eigenvalue weighted by atomic mass is 15.3. The summed E-state index contributed by atoms with van der Waals surface area (Å²) in [4.78, 5) is 13.3. The van der Waals surface area contributed by atoms with Gasteiger partial charge in [0.25, 0.3) is 0 Å². The van der Waals surface area contributed by atoms with Gasteiger partial charge in [0.2, 0.25) is 5.82 Å². The highest BCUT2D eigenvalue weighted by Crippen LogP contribution is 2.23. The minimum absolute atomic E-state index is 0.513. The molecule has 4 rings (SSSR count). The van der Waals surface area contributed by atoms with E-state index in [1.54, 1.807) is 10.7 Å². The quantitative estimate of drug-likeness (QED) is 0.628. The van der Waals surface area contributed by atoms with Crippen LogP contribution >= 0.6 is 0 Å². The van der Waals surface area contributed by atoms with Crippen LogP contribution < -0.4 is 5.73 Å². The van der Waals surface area contributed by atoms with Gasteiger partial charge >= 0.3 is 0 Å². The van der Waals surface area contributed by atoms with Crippen LogP contribution in [0.4, 0.5) is 5.82 Å². The Morgan fingerprint density at radius 3 is 2.67 bits per heavy atom. The molecule has 4 aromatic heterocycles. The summed E-state index contributed by atoms with van der Waals surface area (Å²) in [5.41, 5.74) is 10.5. The second-order valence-electron chi connectivity index (χ2n) is 5.49. The summed E-state index contributed by atoms with van der Waals surface area (Å²) in [7, 11) is 0. The van der Waals surface area contributed by atoms with Crippen LogP contribution in [-0.4, -0.2) is 24.6 Å². The number of nitrogens with zero attached hydrogens (tertiary/aromatic N) is 5. The van der Waals surface area contributed by atoms with E-state index in [1.165, 1.54) is 5.56 Å². The van der Waals surface area contributed by atoms with Gasteiger partial charge in [0.1, 0.15) is 11.5 Å². The average molecular weight is 316 g/mol. The molecule has 24 heavy (non-hydrogen) atoms. The first-order valence-electron chi connectivity index (χ1n) is 7.77. The minimum atomic E-state index is 0.513. The lowest BCUT2D eigenvalue weighted by molar-refractivity contribution is 0.974. The Balaban J connectivity index is 1.81. The lowest BCUT2D eigenvalue weighted by Gasteiger charge is -2.04. The largest absolute Gasteiger partial charge is 0.384 e. The van der Waals surface area contributed by atoms with E-state index >= 15 is 0 Å². The molecule has 0 fully saturated rings. The fourth-order valence-corrected chi connectivity index (χ4v) is 2.56. The molecule has 6 heteroatoms. The van der Waals surface area contributed by atoms with Gasteiger partial charge in [-0.15, -0.1) is 5.10 Å². The van der Waals surface area contributed by atoms with Crippen molar-refractivity contribution in [1.82, 2.24) is 24.6 Å².